The summed E-state index contributed by atoms with van der Waals surface area (Å²) in [6.07, 6.45) is 1.08. The molecule has 1 amide bonds. The number of hydrogen-bond acceptors (Lipinski definition) is 7. The van der Waals surface area contributed by atoms with E-state index in [2.05, 4.69) is 0 Å². The van der Waals surface area contributed by atoms with Gasteiger partial charge in [-0.1, -0.05) is 13.0 Å². The zero-order valence-corrected chi connectivity index (χ0v) is 18.2. The van der Waals surface area contributed by atoms with E-state index in [-0.39, 0.29) is 35.9 Å². The molecule has 0 aromatic heterocycles. The molecule has 8 nitrogen and oxygen atoms in total. The van der Waals surface area contributed by atoms with E-state index in [0.717, 1.165) is 0 Å². The molecule has 1 saturated heterocycles. The monoisotopic (exact) mass is 427 g/mol. The third-order valence-electron chi connectivity index (χ3n) is 5.11. The van der Waals surface area contributed by atoms with Crippen molar-refractivity contribution in [2.24, 2.45) is 0 Å². The molecule has 0 radical (unpaired) electrons. The lowest BCUT2D eigenvalue weighted by Gasteiger charge is -2.33. The molecule has 1 fully saturated rings. The van der Waals surface area contributed by atoms with Crippen molar-refractivity contribution in [3.05, 3.63) is 23.8 Å². The summed E-state index contributed by atoms with van der Waals surface area (Å²) < 4.78 is 39.2. The summed E-state index contributed by atoms with van der Waals surface area (Å²) in [6, 6.07) is 4.59. The molecule has 1 aliphatic heterocycles. The average molecular weight is 428 g/mol. The van der Waals surface area contributed by atoms with Crippen molar-refractivity contribution < 1.29 is 32.2 Å². The highest BCUT2D eigenvalue weighted by molar-refractivity contribution is 7.91. The first-order valence-electron chi connectivity index (χ1n) is 9.58. The van der Waals surface area contributed by atoms with E-state index in [0.29, 0.717) is 29.9 Å². The SMILES string of the molecule is CC[C@@H](C)N(C(=O)COC(=O)Cc1ccc(OC)c(OC)c1)[C@@H]1CCS(=O)(=O)C1. The van der Waals surface area contributed by atoms with Crippen LogP contribution in [0.15, 0.2) is 18.2 Å². The van der Waals surface area contributed by atoms with E-state index in [1.807, 2.05) is 13.8 Å². The van der Waals surface area contributed by atoms with Gasteiger partial charge in [-0.05, 0) is 37.5 Å². The van der Waals surface area contributed by atoms with Crippen LogP contribution in [0.3, 0.4) is 0 Å². The number of carbonyl (C=O) groups excluding carboxylic acids is 2. The predicted octanol–water partition coefficient (Wildman–Crippen LogP) is 1.60. The molecule has 2 atom stereocenters. The van der Waals surface area contributed by atoms with Crippen molar-refractivity contribution in [2.75, 3.05) is 32.3 Å². The summed E-state index contributed by atoms with van der Waals surface area (Å²) in [5.74, 6) is 0.171. The molecule has 0 spiro atoms. The maximum absolute atomic E-state index is 12.7. The molecule has 0 saturated carbocycles. The van der Waals surface area contributed by atoms with Crippen LogP contribution < -0.4 is 9.47 Å². The molecule has 0 bridgehead atoms. The van der Waals surface area contributed by atoms with Crippen molar-refractivity contribution in [3.8, 4) is 11.5 Å². The average Bonchev–Trinajstić information content (AvgIpc) is 3.05. The first-order chi connectivity index (χ1) is 13.7. The van der Waals surface area contributed by atoms with Gasteiger partial charge in [-0.2, -0.15) is 0 Å². The normalized spacial score (nSPS) is 18.7. The Hall–Kier alpha value is -2.29. The van der Waals surface area contributed by atoms with Gasteiger partial charge < -0.3 is 19.1 Å². The van der Waals surface area contributed by atoms with Crippen LogP contribution in [0.2, 0.25) is 0 Å². The summed E-state index contributed by atoms with van der Waals surface area (Å²) in [4.78, 5) is 26.5. The Labute approximate surface area is 172 Å². The molecule has 0 aliphatic carbocycles. The Morgan fingerprint density at radius 2 is 1.90 bits per heavy atom. The molecular formula is C20H29NO7S. The number of esters is 1. The van der Waals surface area contributed by atoms with E-state index in [1.165, 1.54) is 14.2 Å². The second-order valence-electron chi connectivity index (χ2n) is 7.14. The van der Waals surface area contributed by atoms with Gasteiger partial charge in [-0.15, -0.1) is 0 Å². The predicted molar refractivity (Wildman–Crippen MR) is 108 cm³/mol. The van der Waals surface area contributed by atoms with Crippen LogP contribution in [0.4, 0.5) is 0 Å². The summed E-state index contributed by atoms with van der Waals surface area (Å²) in [5.41, 5.74) is 0.667. The maximum atomic E-state index is 12.7. The number of carbonyl (C=O) groups is 2. The van der Waals surface area contributed by atoms with Gasteiger partial charge in [0.05, 0.1) is 32.1 Å². The van der Waals surface area contributed by atoms with Gasteiger partial charge in [0.15, 0.2) is 27.9 Å². The summed E-state index contributed by atoms with van der Waals surface area (Å²) >= 11 is 0. The molecule has 0 unspecified atom stereocenters. The van der Waals surface area contributed by atoms with Crippen molar-refractivity contribution in [2.45, 2.75) is 45.2 Å². The fraction of sp³-hybridized carbons (Fsp3) is 0.600. The Kier molecular flexibility index (Phi) is 7.89. The van der Waals surface area contributed by atoms with Gasteiger partial charge in [0, 0.05) is 12.1 Å². The molecule has 1 aromatic rings. The number of methoxy groups -OCH3 is 2. The molecule has 1 aliphatic rings. The number of rotatable bonds is 9. The Bertz CT molecular complexity index is 837. The Balaban J connectivity index is 1.97. The molecule has 29 heavy (non-hydrogen) atoms. The van der Waals surface area contributed by atoms with Crippen molar-refractivity contribution in [1.29, 1.82) is 0 Å². The smallest absolute Gasteiger partial charge is 0.310 e. The highest BCUT2D eigenvalue weighted by atomic mass is 32.2. The molecule has 9 heteroatoms. The van der Waals surface area contributed by atoms with Crippen LogP contribution >= 0.6 is 0 Å². The van der Waals surface area contributed by atoms with E-state index in [4.69, 9.17) is 14.2 Å². The van der Waals surface area contributed by atoms with E-state index in [9.17, 15) is 18.0 Å². The van der Waals surface area contributed by atoms with E-state index >= 15 is 0 Å². The van der Waals surface area contributed by atoms with Gasteiger partial charge >= 0.3 is 5.97 Å². The fourth-order valence-electron chi connectivity index (χ4n) is 3.43. The zero-order valence-electron chi connectivity index (χ0n) is 17.3. The number of hydrogen-bond donors (Lipinski definition) is 0. The standard InChI is InChI=1S/C20H29NO7S/c1-5-14(2)21(16-8-9-29(24,25)13-16)19(22)12-28-20(23)11-15-6-7-17(26-3)18(10-15)27-4/h6-7,10,14,16H,5,8-9,11-13H2,1-4H3/t14-,16-/m1/s1. The van der Waals surface area contributed by atoms with Crippen LogP contribution in [0.1, 0.15) is 32.3 Å². The lowest BCUT2D eigenvalue weighted by atomic mass is 10.1. The second kappa shape index (κ2) is 9.96. The zero-order chi connectivity index (χ0) is 21.6. The fourth-order valence-corrected chi connectivity index (χ4v) is 5.14. The lowest BCUT2D eigenvalue weighted by Crippen LogP contribution is -2.48. The lowest BCUT2D eigenvalue weighted by molar-refractivity contribution is -0.153. The van der Waals surface area contributed by atoms with Gasteiger partial charge in [0.2, 0.25) is 0 Å². The van der Waals surface area contributed by atoms with Crippen LogP contribution in [0.5, 0.6) is 11.5 Å². The number of sulfone groups is 1. The largest absolute Gasteiger partial charge is 0.493 e. The van der Waals surface area contributed by atoms with Crippen molar-refractivity contribution in [1.82, 2.24) is 4.90 Å². The summed E-state index contributed by atoms with van der Waals surface area (Å²) in [6.45, 7) is 3.39. The van der Waals surface area contributed by atoms with E-state index < -0.39 is 22.4 Å². The molecule has 0 N–H and O–H groups in total. The highest BCUT2D eigenvalue weighted by Gasteiger charge is 2.36. The summed E-state index contributed by atoms with van der Waals surface area (Å²) in [7, 11) is -0.0947. The van der Waals surface area contributed by atoms with Crippen LogP contribution in [-0.2, 0) is 30.6 Å². The molecular weight excluding hydrogens is 398 g/mol. The van der Waals surface area contributed by atoms with Gasteiger partial charge in [0.1, 0.15) is 0 Å². The Morgan fingerprint density at radius 1 is 1.21 bits per heavy atom. The Morgan fingerprint density at radius 3 is 2.45 bits per heavy atom. The minimum Gasteiger partial charge on any atom is -0.493 e. The summed E-state index contributed by atoms with van der Waals surface area (Å²) in [5, 5.41) is 0. The second-order valence-corrected chi connectivity index (χ2v) is 9.37. The van der Waals surface area contributed by atoms with E-state index in [1.54, 1.807) is 23.1 Å². The first kappa shape index (κ1) is 23.0. The van der Waals surface area contributed by atoms with Crippen LogP contribution in [0.25, 0.3) is 0 Å². The number of benzene rings is 1. The molecule has 1 aromatic carbocycles. The minimum atomic E-state index is -3.12. The third-order valence-corrected chi connectivity index (χ3v) is 6.86. The molecule has 1 heterocycles. The quantitative estimate of drug-likeness (QED) is 0.552. The van der Waals surface area contributed by atoms with Crippen LogP contribution in [0, 0.1) is 0 Å². The highest BCUT2D eigenvalue weighted by Crippen LogP contribution is 2.28. The number of amides is 1. The number of ether oxygens (including phenoxy) is 3. The van der Waals surface area contributed by atoms with Gasteiger partial charge in [-0.3, -0.25) is 9.59 Å². The maximum Gasteiger partial charge on any atom is 0.310 e. The molecule has 162 valence electrons. The third kappa shape index (κ3) is 6.09. The van der Waals surface area contributed by atoms with Gasteiger partial charge in [0.25, 0.3) is 5.91 Å². The van der Waals surface area contributed by atoms with Crippen molar-refractivity contribution in [3.63, 3.8) is 0 Å². The minimum absolute atomic E-state index is 0.0191. The van der Waals surface area contributed by atoms with Gasteiger partial charge in [-0.25, -0.2) is 8.42 Å². The van der Waals surface area contributed by atoms with Crippen LogP contribution in [-0.4, -0.2) is 69.6 Å². The molecule has 2 rings (SSSR count). The first-order valence-corrected chi connectivity index (χ1v) is 11.4. The number of nitrogens with zero attached hydrogens (tertiary/aromatic N) is 1. The van der Waals surface area contributed by atoms with Crippen molar-refractivity contribution >= 4 is 21.7 Å². The topological polar surface area (TPSA) is 99.2 Å².